The first-order chi connectivity index (χ1) is 6.28. The maximum absolute atomic E-state index is 8.78. The van der Waals surface area contributed by atoms with Crippen molar-refractivity contribution in [2.24, 2.45) is 0 Å². The smallest absolute Gasteiger partial charge is 0.0638 e. The van der Waals surface area contributed by atoms with Crippen LogP contribution >= 0.6 is 0 Å². The molecule has 13 heavy (non-hydrogen) atoms. The van der Waals surface area contributed by atoms with Crippen molar-refractivity contribution in [3.8, 4) is 6.07 Å². The normalized spacial score (nSPS) is 14.9. The van der Waals surface area contributed by atoms with E-state index in [9.17, 15) is 0 Å². The molecule has 0 spiro atoms. The predicted molar refractivity (Wildman–Crippen MR) is 53.2 cm³/mol. The summed E-state index contributed by atoms with van der Waals surface area (Å²) >= 11 is 0. The quantitative estimate of drug-likeness (QED) is 0.629. The molecule has 2 unspecified atom stereocenters. The van der Waals surface area contributed by atoms with E-state index in [4.69, 9.17) is 10.4 Å². The van der Waals surface area contributed by atoms with Crippen LogP contribution in [0.5, 0.6) is 0 Å². The van der Waals surface area contributed by atoms with Gasteiger partial charge in [-0.05, 0) is 19.3 Å². The standard InChI is InChI=1S/C10H20N2O/c1-3-9(5-7-11)12-10(4-2)6-8-13/h9-10,12-13H,3-6,8H2,1-2H3. The Labute approximate surface area is 80.8 Å². The summed E-state index contributed by atoms with van der Waals surface area (Å²) in [5.74, 6) is 0. The van der Waals surface area contributed by atoms with Gasteiger partial charge in [-0.15, -0.1) is 0 Å². The molecule has 0 aliphatic carbocycles. The zero-order valence-electron chi connectivity index (χ0n) is 8.58. The molecule has 0 rings (SSSR count). The summed E-state index contributed by atoms with van der Waals surface area (Å²) in [6.07, 6.45) is 3.30. The van der Waals surface area contributed by atoms with E-state index in [1.54, 1.807) is 0 Å². The predicted octanol–water partition coefficient (Wildman–Crippen LogP) is 1.43. The fourth-order valence-corrected chi connectivity index (χ4v) is 1.33. The van der Waals surface area contributed by atoms with Crippen LogP contribution in [0.1, 0.15) is 39.5 Å². The fourth-order valence-electron chi connectivity index (χ4n) is 1.33. The first kappa shape index (κ1) is 12.4. The molecule has 0 aliphatic heterocycles. The molecule has 2 atom stereocenters. The van der Waals surface area contributed by atoms with Crippen molar-refractivity contribution in [3.63, 3.8) is 0 Å². The highest BCUT2D eigenvalue weighted by Gasteiger charge is 2.11. The summed E-state index contributed by atoms with van der Waals surface area (Å²) in [6.45, 7) is 4.38. The summed E-state index contributed by atoms with van der Waals surface area (Å²) in [7, 11) is 0. The molecule has 0 aromatic rings. The molecule has 0 aromatic carbocycles. The van der Waals surface area contributed by atoms with Gasteiger partial charge < -0.3 is 10.4 Å². The van der Waals surface area contributed by atoms with Gasteiger partial charge in [0.2, 0.25) is 0 Å². The molecule has 0 aromatic heterocycles. The summed E-state index contributed by atoms with van der Waals surface area (Å²) in [6, 6.07) is 2.79. The van der Waals surface area contributed by atoms with Gasteiger partial charge in [-0.2, -0.15) is 5.26 Å². The Morgan fingerprint density at radius 1 is 1.31 bits per heavy atom. The van der Waals surface area contributed by atoms with Crippen molar-refractivity contribution in [2.45, 2.75) is 51.6 Å². The second-order valence-electron chi connectivity index (χ2n) is 3.25. The number of nitriles is 1. The minimum Gasteiger partial charge on any atom is -0.396 e. The number of hydrogen-bond donors (Lipinski definition) is 2. The number of aliphatic hydroxyl groups excluding tert-OH is 1. The zero-order valence-corrected chi connectivity index (χ0v) is 8.58. The SMILES string of the molecule is CCC(CC#N)NC(CC)CCO. The third kappa shape index (κ3) is 5.62. The highest BCUT2D eigenvalue weighted by atomic mass is 16.3. The first-order valence-corrected chi connectivity index (χ1v) is 5.02. The van der Waals surface area contributed by atoms with Gasteiger partial charge in [0.1, 0.15) is 0 Å². The Morgan fingerprint density at radius 2 is 1.92 bits per heavy atom. The van der Waals surface area contributed by atoms with Crippen molar-refractivity contribution in [1.82, 2.24) is 5.32 Å². The van der Waals surface area contributed by atoms with E-state index in [1.165, 1.54) is 0 Å². The van der Waals surface area contributed by atoms with Crippen molar-refractivity contribution in [3.05, 3.63) is 0 Å². The van der Waals surface area contributed by atoms with E-state index in [0.29, 0.717) is 12.5 Å². The van der Waals surface area contributed by atoms with Gasteiger partial charge in [-0.1, -0.05) is 13.8 Å². The van der Waals surface area contributed by atoms with E-state index in [2.05, 4.69) is 25.2 Å². The lowest BCUT2D eigenvalue weighted by Crippen LogP contribution is -2.38. The van der Waals surface area contributed by atoms with Gasteiger partial charge in [0.05, 0.1) is 12.5 Å². The Hall–Kier alpha value is -0.590. The second kappa shape index (κ2) is 8.03. The number of rotatable bonds is 7. The highest BCUT2D eigenvalue weighted by Crippen LogP contribution is 2.03. The van der Waals surface area contributed by atoms with Crippen LogP contribution in [0.15, 0.2) is 0 Å². The summed E-state index contributed by atoms with van der Waals surface area (Å²) in [4.78, 5) is 0. The Balaban J connectivity index is 3.81. The molecular weight excluding hydrogens is 164 g/mol. The Bertz CT molecular complexity index is 153. The number of hydrogen-bond acceptors (Lipinski definition) is 3. The van der Waals surface area contributed by atoms with Gasteiger partial charge in [0.15, 0.2) is 0 Å². The minimum absolute atomic E-state index is 0.217. The van der Waals surface area contributed by atoms with Crippen molar-refractivity contribution in [1.29, 1.82) is 5.26 Å². The number of nitrogens with one attached hydrogen (secondary N) is 1. The Kier molecular flexibility index (Phi) is 7.66. The molecule has 76 valence electrons. The van der Waals surface area contributed by atoms with Crippen molar-refractivity contribution >= 4 is 0 Å². The minimum atomic E-state index is 0.217. The maximum atomic E-state index is 8.78. The van der Waals surface area contributed by atoms with E-state index in [1.807, 2.05) is 0 Å². The summed E-state index contributed by atoms with van der Waals surface area (Å²) < 4.78 is 0. The van der Waals surface area contributed by atoms with Gasteiger partial charge in [-0.3, -0.25) is 0 Å². The molecule has 0 saturated carbocycles. The average Bonchev–Trinajstić information content (AvgIpc) is 2.16. The van der Waals surface area contributed by atoms with E-state index < -0.39 is 0 Å². The molecule has 0 heterocycles. The van der Waals surface area contributed by atoms with Crippen LogP contribution in [0.3, 0.4) is 0 Å². The third-order valence-electron chi connectivity index (χ3n) is 2.27. The lowest BCUT2D eigenvalue weighted by molar-refractivity contribution is 0.254. The van der Waals surface area contributed by atoms with Crippen LogP contribution in [-0.2, 0) is 0 Å². The van der Waals surface area contributed by atoms with Gasteiger partial charge in [0, 0.05) is 18.7 Å². The van der Waals surface area contributed by atoms with Crippen LogP contribution in [0, 0.1) is 11.3 Å². The maximum Gasteiger partial charge on any atom is 0.0638 e. The van der Waals surface area contributed by atoms with Crippen molar-refractivity contribution < 1.29 is 5.11 Å². The van der Waals surface area contributed by atoms with E-state index in [0.717, 1.165) is 19.3 Å². The molecule has 0 fully saturated rings. The zero-order chi connectivity index (χ0) is 10.1. The summed E-state index contributed by atoms with van der Waals surface area (Å²) in [5.41, 5.74) is 0. The lowest BCUT2D eigenvalue weighted by atomic mass is 10.1. The second-order valence-corrected chi connectivity index (χ2v) is 3.25. The molecule has 3 nitrogen and oxygen atoms in total. The molecule has 3 heteroatoms. The van der Waals surface area contributed by atoms with Crippen LogP contribution < -0.4 is 5.32 Å². The lowest BCUT2D eigenvalue weighted by Gasteiger charge is -2.21. The molecular formula is C10H20N2O. The van der Waals surface area contributed by atoms with Crippen molar-refractivity contribution in [2.75, 3.05) is 6.61 Å². The van der Waals surface area contributed by atoms with Crippen LogP contribution in [0.4, 0.5) is 0 Å². The summed E-state index contributed by atoms with van der Waals surface area (Å²) in [5, 5.41) is 20.7. The van der Waals surface area contributed by atoms with Gasteiger partial charge >= 0.3 is 0 Å². The molecule has 0 amide bonds. The van der Waals surface area contributed by atoms with Crippen LogP contribution in [0.25, 0.3) is 0 Å². The third-order valence-corrected chi connectivity index (χ3v) is 2.27. The van der Waals surface area contributed by atoms with E-state index >= 15 is 0 Å². The Morgan fingerprint density at radius 3 is 2.31 bits per heavy atom. The monoisotopic (exact) mass is 184 g/mol. The highest BCUT2D eigenvalue weighted by molar-refractivity contribution is 4.82. The number of aliphatic hydroxyl groups is 1. The largest absolute Gasteiger partial charge is 0.396 e. The molecule has 0 bridgehead atoms. The van der Waals surface area contributed by atoms with Crippen LogP contribution in [0.2, 0.25) is 0 Å². The average molecular weight is 184 g/mol. The van der Waals surface area contributed by atoms with Crippen LogP contribution in [-0.4, -0.2) is 23.8 Å². The topological polar surface area (TPSA) is 56.0 Å². The van der Waals surface area contributed by atoms with E-state index in [-0.39, 0.29) is 12.6 Å². The number of nitrogens with zero attached hydrogens (tertiary/aromatic N) is 1. The molecule has 0 aliphatic rings. The molecule has 0 radical (unpaired) electrons. The van der Waals surface area contributed by atoms with Gasteiger partial charge in [0.25, 0.3) is 0 Å². The molecule has 2 N–H and O–H groups in total. The first-order valence-electron chi connectivity index (χ1n) is 5.02. The van der Waals surface area contributed by atoms with Gasteiger partial charge in [-0.25, -0.2) is 0 Å². The fraction of sp³-hybridized carbons (Fsp3) is 0.900. The molecule has 0 saturated heterocycles.